The molecule has 0 radical (unpaired) electrons. The minimum atomic E-state index is 0.344. The molecule has 0 saturated heterocycles. The number of rotatable bonds is 7. The second-order valence-corrected chi connectivity index (χ2v) is 5.14. The SMILES string of the molecule is CC(C)N(CCOCCN)c1ncc(I)cn1. The highest BCUT2D eigenvalue weighted by atomic mass is 127. The third-order valence-electron chi connectivity index (χ3n) is 2.23. The summed E-state index contributed by atoms with van der Waals surface area (Å²) in [7, 11) is 0. The molecule has 0 spiro atoms. The summed E-state index contributed by atoms with van der Waals surface area (Å²) in [5, 5.41) is 0. The summed E-state index contributed by atoms with van der Waals surface area (Å²) in [6, 6.07) is 0.344. The Kier molecular flexibility index (Phi) is 6.68. The maximum absolute atomic E-state index is 5.38. The van der Waals surface area contributed by atoms with Gasteiger partial charge in [0.05, 0.1) is 13.2 Å². The Morgan fingerprint density at radius 2 is 2.00 bits per heavy atom. The first-order valence-corrected chi connectivity index (χ1v) is 6.75. The van der Waals surface area contributed by atoms with Gasteiger partial charge in [-0.15, -0.1) is 0 Å². The Hall–Kier alpha value is -0.470. The predicted molar refractivity (Wildman–Crippen MR) is 77.1 cm³/mol. The van der Waals surface area contributed by atoms with Crippen molar-refractivity contribution in [2.24, 2.45) is 5.73 Å². The third kappa shape index (κ3) is 5.13. The van der Waals surface area contributed by atoms with E-state index in [4.69, 9.17) is 10.5 Å². The smallest absolute Gasteiger partial charge is 0.225 e. The molecule has 17 heavy (non-hydrogen) atoms. The summed E-state index contributed by atoms with van der Waals surface area (Å²) in [6.07, 6.45) is 3.64. The zero-order valence-corrected chi connectivity index (χ0v) is 12.4. The lowest BCUT2D eigenvalue weighted by Gasteiger charge is -2.26. The maximum atomic E-state index is 5.38. The molecule has 0 unspecified atom stereocenters. The molecule has 0 aliphatic rings. The van der Waals surface area contributed by atoms with Crippen molar-refractivity contribution in [2.45, 2.75) is 19.9 Å². The Morgan fingerprint density at radius 1 is 1.35 bits per heavy atom. The summed E-state index contributed by atoms with van der Waals surface area (Å²) in [4.78, 5) is 10.8. The van der Waals surface area contributed by atoms with Gasteiger partial charge >= 0.3 is 0 Å². The van der Waals surface area contributed by atoms with Crippen LogP contribution >= 0.6 is 22.6 Å². The van der Waals surface area contributed by atoms with E-state index in [1.165, 1.54) is 0 Å². The van der Waals surface area contributed by atoms with Gasteiger partial charge < -0.3 is 15.4 Å². The van der Waals surface area contributed by atoms with Crippen LogP contribution in [-0.4, -0.2) is 42.3 Å². The highest BCUT2D eigenvalue weighted by Gasteiger charge is 2.12. The van der Waals surface area contributed by atoms with Crippen molar-refractivity contribution in [3.8, 4) is 0 Å². The van der Waals surface area contributed by atoms with Crippen LogP contribution < -0.4 is 10.6 Å². The van der Waals surface area contributed by atoms with Crippen LogP contribution in [0.15, 0.2) is 12.4 Å². The molecule has 0 aliphatic heterocycles. The van der Waals surface area contributed by atoms with Crippen molar-refractivity contribution >= 4 is 28.5 Å². The van der Waals surface area contributed by atoms with Crippen LogP contribution in [0.4, 0.5) is 5.95 Å². The summed E-state index contributed by atoms with van der Waals surface area (Å²) < 4.78 is 6.42. The van der Waals surface area contributed by atoms with Crippen LogP contribution in [0, 0.1) is 3.57 Å². The lowest BCUT2D eigenvalue weighted by molar-refractivity contribution is 0.146. The van der Waals surface area contributed by atoms with Gasteiger partial charge in [0.15, 0.2) is 0 Å². The van der Waals surface area contributed by atoms with Gasteiger partial charge in [0, 0.05) is 35.1 Å². The minimum Gasteiger partial charge on any atom is -0.378 e. The molecule has 1 heterocycles. The summed E-state index contributed by atoms with van der Waals surface area (Å²) >= 11 is 2.19. The van der Waals surface area contributed by atoms with Crippen molar-refractivity contribution in [3.05, 3.63) is 16.0 Å². The molecule has 0 aliphatic carbocycles. The number of ether oxygens (including phenoxy) is 1. The zero-order valence-electron chi connectivity index (χ0n) is 10.3. The summed E-state index contributed by atoms with van der Waals surface area (Å²) in [5.74, 6) is 0.747. The molecule has 2 N–H and O–H groups in total. The zero-order chi connectivity index (χ0) is 12.7. The molecule has 5 nitrogen and oxygen atoms in total. The van der Waals surface area contributed by atoms with Crippen molar-refractivity contribution < 1.29 is 4.74 Å². The van der Waals surface area contributed by atoms with Crippen molar-refractivity contribution in [1.82, 2.24) is 9.97 Å². The number of hydrogen-bond acceptors (Lipinski definition) is 5. The average molecular weight is 350 g/mol. The second kappa shape index (κ2) is 7.78. The van der Waals surface area contributed by atoms with Crippen LogP contribution in [0.25, 0.3) is 0 Å². The first-order valence-electron chi connectivity index (χ1n) is 5.67. The largest absolute Gasteiger partial charge is 0.378 e. The fourth-order valence-electron chi connectivity index (χ4n) is 1.39. The van der Waals surface area contributed by atoms with Gasteiger partial charge in [-0.05, 0) is 36.4 Å². The molecule has 0 fully saturated rings. The Morgan fingerprint density at radius 3 is 2.53 bits per heavy atom. The number of nitrogens with zero attached hydrogens (tertiary/aromatic N) is 3. The molecule has 1 rings (SSSR count). The summed E-state index contributed by atoms with van der Waals surface area (Å²) in [5.41, 5.74) is 5.37. The second-order valence-electron chi connectivity index (χ2n) is 3.89. The quantitative estimate of drug-likeness (QED) is 0.593. The van der Waals surface area contributed by atoms with E-state index >= 15 is 0 Å². The van der Waals surface area contributed by atoms with E-state index in [-0.39, 0.29) is 0 Å². The molecular weight excluding hydrogens is 331 g/mol. The highest BCUT2D eigenvalue weighted by molar-refractivity contribution is 14.1. The van der Waals surface area contributed by atoms with Gasteiger partial charge in [0.2, 0.25) is 5.95 Å². The van der Waals surface area contributed by atoms with Crippen molar-refractivity contribution in [3.63, 3.8) is 0 Å². The molecule has 0 aromatic carbocycles. The van der Waals surface area contributed by atoms with E-state index in [9.17, 15) is 0 Å². The maximum Gasteiger partial charge on any atom is 0.225 e. The van der Waals surface area contributed by atoms with Gasteiger partial charge in [0.25, 0.3) is 0 Å². The van der Waals surface area contributed by atoms with Crippen LogP contribution in [-0.2, 0) is 4.74 Å². The van der Waals surface area contributed by atoms with Gasteiger partial charge in [-0.2, -0.15) is 0 Å². The molecule has 0 atom stereocenters. The van der Waals surface area contributed by atoms with Crippen molar-refractivity contribution in [1.29, 1.82) is 0 Å². The van der Waals surface area contributed by atoms with Crippen LogP contribution in [0.2, 0.25) is 0 Å². The molecular formula is C11H19IN4O. The van der Waals surface area contributed by atoms with E-state index in [1.807, 2.05) is 12.4 Å². The van der Waals surface area contributed by atoms with Crippen LogP contribution in [0.3, 0.4) is 0 Å². The number of nitrogens with two attached hydrogens (primary N) is 1. The number of hydrogen-bond donors (Lipinski definition) is 1. The third-order valence-corrected chi connectivity index (χ3v) is 2.78. The summed E-state index contributed by atoms with van der Waals surface area (Å²) in [6.45, 7) is 6.80. The normalized spacial score (nSPS) is 10.9. The molecule has 0 bridgehead atoms. The Bertz CT molecular complexity index is 318. The average Bonchev–Trinajstić information content (AvgIpc) is 2.30. The standard InChI is InChI=1S/C11H19IN4O/c1-9(2)16(4-6-17-5-3-13)11-14-7-10(12)8-15-11/h7-9H,3-6,13H2,1-2H3. The molecule has 0 saturated carbocycles. The van der Waals surface area contributed by atoms with Gasteiger partial charge in [-0.25, -0.2) is 9.97 Å². The fraction of sp³-hybridized carbons (Fsp3) is 0.636. The minimum absolute atomic E-state index is 0.344. The van der Waals surface area contributed by atoms with Gasteiger partial charge in [0.1, 0.15) is 0 Å². The van der Waals surface area contributed by atoms with E-state index in [0.29, 0.717) is 25.8 Å². The van der Waals surface area contributed by atoms with Crippen LogP contribution in [0.5, 0.6) is 0 Å². The topological polar surface area (TPSA) is 64.3 Å². The molecule has 1 aromatic rings. The van der Waals surface area contributed by atoms with E-state index in [2.05, 4.69) is 51.3 Å². The first kappa shape index (κ1) is 14.6. The molecule has 96 valence electrons. The number of halogens is 1. The van der Waals surface area contributed by atoms with E-state index in [1.54, 1.807) is 0 Å². The lowest BCUT2D eigenvalue weighted by Crippen LogP contribution is -2.35. The fourth-order valence-corrected chi connectivity index (χ4v) is 1.67. The lowest BCUT2D eigenvalue weighted by atomic mass is 10.3. The molecule has 1 aromatic heterocycles. The Balaban J connectivity index is 2.56. The molecule has 0 amide bonds. The van der Waals surface area contributed by atoms with Crippen molar-refractivity contribution in [2.75, 3.05) is 31.2 Å². The predicted octanol–water partition coefficient (Wildman–Crippen LogP) is 1.27. The van der Waals surface area contributed by atoms with Crippen LogP contribution in [0.1, 0.15) is 13.8 Å². The van der Waals surface area contributed by atoms with Gasteiger partial charge in [-0.1, -0.05) is 0 Å². The highest BCUT2D eigenvalue weighted by Crippen LogP contribution is 2.11. The number of anilines is 1. The van der Waals surface area contributed by atoms with E-state index < -0.39 is 0 Å². The monoisotopic (exact) mass is 350 g/mol. The van der Waals surface area contributed by atoms with E-state index in [0.717, 1.165) is 16.1 Å². The molecule has 6 heteroatoms. The number of aromatic nitrogens is 2. The first-order chi connectivity index (χ1) is 8.15. The van der Waals surface area contributed by atoms with Gasteiger partial charge in [-0.3, -0.25) is 0 Å². The Labute approximate surface area is 116 Å².